The number of guanidine groups is 1. The maximum atomic E-state index is 11.1. The van der Waals surface area contributed by atoms with Crippen LogP contribution in [0.3, 0.4) is 0 Å². The first-order chi connectivity index (χ1) is 14.1. The summed E-state index contributed by atoms with van der Waals surface area (Å²) in [5.74, 6) is 2.08. The number of nitro groups is 1. The zero-order valence-electron chi connectivity index (χ0n) is 17.3. The SMILES string of the molecule is CCNC(=NCc1ccc(OC)cc1OC)NCCNc1ccccc1[N+](=O)[O-].I. The van der Waals surface area contributed by atoms with Gasteiger partial charge in [0.05, 0.1) is 25.7 Å². The van der Waals surface area contributed by atoms with Crippen molar-refractivity contribution < 1.29 is 14.4 Å². The Labute approximate surface area is 193 Å². The highest BCUT2D eigenvalue weighted by Crippen LogP contribution is 2.25. The van der Waals surface area contributed by atoms with Gasteiger partial charge in [0, 0.05) is 37.3 Å². The standard InChI is InChI=1S/C20H27N5O4.HI/c1-4-21-20(24-14-15-9-10-16(28-2)13-19(15)29-3)23-12-11-22-17-7-5-6-8-18(17)25(26)27;/h5-10,13,22H,4,11-12,14H2,1-3H3,(H2,21,23,24);1H. The summed E-state index contributed by atoms with van der Waals surface area (Å²) >= 11 is 0. The molecule has 164 valence electrons. The second-order valence-electron chi connectivity index (χ2n) is 6.00. The molecule has 9 nitrogen and oxygen atoms in total. The van der Waals surface area contributed by atoms with Crippen molar-refractivity contribution in [1.82, 2.24) is 10.6 Å². The zero-order chi connectivity index (χ0) is 21.1. The van der Waals surface area contributed by atoms with Crippen molar-refractivity contribution >= 4 is 41.3 Å². The molecule has 0 amide bonds. The minimum Gasteiger partial charge on any atom is -0.497 e. The molecule has 0 spiro atoms. The second-order valence-corrected chi connectivity index (χ2v) is 6.00. The summed E-state index contributed by atoms with van der Waals surface area (Å²) in [6, 6.07) is 12.2. The van der Waals surface area contributed by atoms with Crippen LogP contribution >= 0.6 is 24.0 Å². The van der Waals surface area contributed by atoms with Gasteiger partial charge in [-0.3, -0.25) is 10.1 Å². The van der Waals surface area contributed by atoms with E-state index in [2.05, 4.69) is 20.9 Å². The Bertz CT molecular complexity index is 848. The molecule has 0 saturated heterocycles. The van der Waals surface area contributed by atoms with Gasteiger partial charge in [-0.1, -0.05) is 12.1 Å². The lowest BCUT2D eigenvalue weighted by molar-refractivity contribution is -0.384. The van der Waals surface area contributed by atoms with Gasteiger partial charge in [0.15, 0.2) is 5.96 Å². The Balaban J connectivity index is 0.00000450. The van der Waals surface area contributed by atoms with Gasteiger partial charge in [-0.25, -0.2) is 4.99 Å². The molecule has 2 aromatic rings. The average Bonchev–Trinajstić information content (AvgIpc) is 2.74. The van der Waals surface area contributed by atoms with E-state index in [0.29, 0.717) is 43.6 Å². The van der Waals surface area contributed by atoms with Gasteiger partial charge in [0.2, 0.25) is 0 Å². The van der Waals surface area contributed by atoms with Crippen LogP contribution < -0.4 is 25.4 Å². The molecule has 0 aliphatic rings. The molecular formula is C20H28IN5O4. The number of aliphatic imine (C=N–C) groups is 1. The molecule has 0 bridgehead atoms. The van der Waals surface area contributed by atoms with E-state index in [9.17, 15) is 10.1 Å². The van der Waals surface area contributed by atoms with E-state index in [1.807, 2.05) is 25.1 Å². The monoisotopic (exact) mass is 529 g/mol. The summed E-state index contributed by atoms with van der Waals surface area (Å²) in [4.78, 5) is 15.2. The number of methoxy groups -OCH3 is 2. The largest absolute Gasteiger partial charge is 0.497 e. The maximum absolute atomic E-state index is 11.1. The molecule has 2 rings (SSSR count). The third-order valence-electron chi connectivity index (χ3n) is 4.08. The Morgan fingerprint density at radius 3 is 2.53 bits per heavy atom. The maximum Gasteiger partial charge on any atom is 0.292 e. The van der Waals surface area contributed by atoms with E-state index in [0.717, 1.165) is 11.3 Å². The molecule has 0 aromatic heterocycles. The Morgan fingerprint density at radius 2 is 1.87 bits per heavy atom. The number of nitrogens with zero attached hydrogens (tertiary/aromatic N) is 2. The molecule has 0 aliphatic heterocycles. The first-order valence-electron chi connectivity index (χ1n) is 9.29. The van der Waals surface area contributed by atoms with E-state index in [1.54, 1.807) is 32.4 Å². The summed E-state index contributed by atoms with van der Waals surface area (Å²) in [7, 11) is 3.22. The van der Waals surface area contributed by atoms with Crippen LogP contribution in [0.2, 0.25) is 0 Å². The van der Waals surface area contributed by atoms with E-state index < -0.39 is 4.92 Å². The minimum absolute atomic E-state index is 0. The van der Waals surface area contributed by atoms with Crippen LogP contribution in [0.4, 0.5) is 11.4 Å². The number of halogens is 1. The molecule has 3 N–H and O–H groups in total. The van der Waals surface area contributed by atoms with E-state index in [-0.39, 0.29) is 29.7 Å². The van der Waals surface area contributed by atoms with Gasteiger partial charge in [-0.2, -0.15) is 0 Å². The Kier molecular flexibility index (Phi) is 11.3. The van der Waals surface area contributed by atoms with Crippen molar-refractivity contribution in [3.05, 3.63) is 58.1 Å². The lowest BCUT2D eigenvalue weighted by atomic mass is 10.2. The molecular weight excluding hydrogens is 501 g/mol. The predicted molar refractivity (Wildman–Crippen MR) is 129 cm³/mol. The van der Waals surface area contributed by atoms with Crippen molar-refractivity contribution in [1.29, 1.82) is 0 Å². The topological polar surface area (TPSA) is 110 Å². The summed E-state index contributed by atoms with van der Waals surface area (Å²) in [6.07, 6.45) is 0. The molecule has 10 heteroatoms. The molecule has 0 atom stereocenters. The first-order valence-corrected chi connectivity index (χ1v) is 9.29. The quantitative estimate of drug-likeness (QED) is 0.108. The van der Waals surface area contributed by atoms with Crippen molar-refractivity contribution in [3.63, 3.8) is 0 Å². The molecule has 2 aromatic carbocycles. The number of hydrogen-bond donors (Lipinski definition) is 3. The smallest absolute Gasteiger partial charge is 0.292 e. The van der Waals surface area contributed by atoms with Gasteiger partial charge in [0.25, 0.3) is 5.69 Å². The van der Waals surface area contributed by atoms with Crippen molar-refractivity contribution in [2.45, 2.75) is 13.5 Å². The van der Waals surface area contributed by atoms with Gasteiger partial charge in [-0.15, -0.1) is 24.0 Å². The molecule has 0 saturated carbocycles. The van der Waals surface area contributed by atoms with Crippen LogP contribution in [0.5, 0.6) is 11.5 Å². The van der Waals surface area contributed by atoms with E-state index >= 15 is 0 Å². The Hall–Kier alpha value is -2.76. The Morgan fingerprint density at radius 1 is 1.10 bits per heavy atom. The van der Waals surface area contributed by atoms with Gasteiger partial charge >= 0.3 is 0 Å². The number of rotatable bonds is 10. The number of nitrogens with one attached hydrogen (secondary N) is 3. The number of anilines is 1. The van der Waals surface area contributed by atoms with E-state index in [1.165, 1.54) is 6.07 Å². The van der Waals surface area contributed by atoms with Crippen LogP contribution in [-0.4, -0.2) is 44.7 Å². The molecule has 0 aliphatic carbocycles. The lowest BCUT2D eigenvalue weighted by Gasteiger charge is -2.13. The average molecular weight is 529 g/mol. The van der Waals surface area contributed by atoms with Gasteiger partial charge in [0.1, 0.15) is 17.2 Å². The van der Waals surface area contributed by atoms with Crippen LogP contribution in [0.25, 0.3) is 0 Å². The minimum atomic E-state index is -0.399. The van der Waals surface area contributed by atoms with Gasteiger partial charge in [-0.05, 0) is 25.1 Å². The number of para-hydroxylation sites is 2. The molecule has 0 fully saturated rings. The number of ether oxygens (including phenoxy) is 2. The van der Waals surface area contributed by atoms with E-state index in [4.69, 9.17) is 9.47 Å². The summed E-state index contributed by atoms with van der Waals surface area (Å²) in [5, 5.41) is 20.5. The lowest BCUT2D eigenvalue weighted by Crippen LogP contribution is -2.39. The summed E-state index contributed by atoms with van der Waals surface area (Å²) in [5.41, 5.74) is 1.48. The third-order valence-corrected chi connectivity index (χ3v) is 4.08. The molecule has 0 unspecified atom stereocenters. The third kappa shape index (κ3) is 7.58. The number of nitro benzene ring substituents is 1. The van der Waals surface area contributed by atoms with Gasteiger partial charge < -0.3 is 25.4 Å². The molecule has 0 heterocycles. The predicted octanol–water partition coefficient (Wildman–Crippen LogP) is 3.40. The van der Waals surface area contributed by atoms with Crippen LogP contribution in [-0.2, 0) is 6.54 Å². The van der Waals surface area contributed by atoms with Crippen LogP contribution in [0.1, 0.15) is 12.5 Å². The summed E-state index contributed by atoms with van der Waals surface area (Å²) in [6.45, 7) is 4.17. The normalized spacial score (nSPS) is 10.6. The zero-order valence-corrected chi connectivity index (χ0v) is 19.6. The van der Waals surface area contributed by atoms with Crippen LogP contribution in [0.15, 0.2) is 47.5 Å². The van der Waals surface area contributed by atoms with Crippen molar-refractivity contribution in [2.24, 2.45) is 4.99 Å². The highest BCUT2D eigenvalue weighted by Gasteiger charge is 2.11. The molecule has 0 radical (unpaired) electrons. The highest BCUT2D eigenvalue weighted by atomic mass is 127. The van der Waals surface area contributed by atoms with Crippen molar-refractivity contribution in [3.8, 4) is 11.5 Å². The fraction of sp³-hybridized carbons (Fsp3) is 0.350. The second kappa shape index (κ2) is 13.5. The highest BCUT2D eigenvalue weighted by molar-refractivity contribution is 14.0. The van der Waals surface area contributed by atoms with Crippen LogP contribution in [0, 0.1) is 10.1 Å². The molecule has 30 heavy (non-hydrogen) atoms. The first kappa shape index (κ1) is 25.3. The fourth-order valence-corrected chi connectivity index (χ4v) is 2.65. The summed E-state index contributed by atoms with van der Waals surface area (Å²) < 4.78 is 10.6. The number of benzene rings is 2. The fourth-order valence-electron chi connectivity index (χ4n) is 2.65. The van der Waals surface area contributed by atoms with Crippen molar-refractivity contribution in [2.75, 3.05) is 39.2 Å². The number of hydrogen-bond acceptors (Lipinski definition) is 6.